The van der Waals surface area contributed by atoms with Gasteiger partial charge in [0.2, 0.25) is 5.91 Å². The molecule has 1 rings (SSSR count). The third kappa shape index (κ3) is 4.88. The molecule has 96 valence electrons. The van der Waals surface area contributed by atoms with Gasteiger partial charge < -0.3 is 10.2 Å². The van der Waals surface area contributed by atoms with Gasteiger partial charge in [0.1, 0.15) is 0 Å². The molecule has 0 radical (unpaired) electrons. The Hall–Kier alpha value is -0.870. The van der Waals surface area contributed by atoms with E-state index in [9.17, 15) is 4.79 Å². The monoisotopic (exact) mass is 254 g/mol. The number of nitrogens with one attached hydrogen (secondary N) is 1. The Morgan fingerprint density at radius 1 is 1.47 bits per heavy atom. The first-order valence-corrected chi connectivity index (χ1v) is 6.99. The first-order valence-electron chi connectivity index (χ1n) is 6.11. The molecular formula is C13H22N2OS. The zero-order valence-corrected chi connectivity index (χ0v) is 11.8. The van der Waals surface area contributed by atoms with Crippen LogP contribution in [-0.4, -0.2) is 31.4 Å². The highest BCUT2D eigenvalue weighted by atomic mass is 32.1. The van der Waals surface area contributed by atoms with Crippen LogP contribution < -0.4 is 5.32 Å². The third-order valence-electron chi connectivity index (χ3n) is 2.75. The SMILES string of the molecule is CCc1ccsc1CNCCCC(=O)N(C)C. The highest BCUT2D eigenvalue weighted by molar-refractivity contribution is 7.10. The largest absolute Gasteiger partial charge is 0.349 e. The van der Waals surface area contributed by atoms with Gasteiger partial charge in [-0.3, -0.25) is 4.79 Å². The van der Waals surface area contributed by atoms with E-state index < -0.39 is 0 Å². The molecule has 0 saturated carbocycles. The van der Waals surface area contributed by atoms with Gasteiger partial charge in [0.25, 0.3) is 0 Å². The van der Waals surface area contributed by atoms with Gasteiger partial charge in [-0.15, -0.1) is 11.3 Å². The van der Waals surface area contributed by atoms with E-state index in [1.54, 1.807) is 30.3 Å². The zero-order valence-electron chi connectivity index (χ0n) is 11.0. The Kier molecular flexibility index (Phi) is 6.22. The van der Waals surface area contributed by atoms with E-state index in [1.807, 2.05) is 0 Å². The second-order valence-electron chi connectivity index (χ2n) is 4.29. The summed E-state index contributed by atoms with van der Waals surface area (Å²) in [6.45, 7) is 4.01. The van der Waals surface area contributed by atoms with Crippen LogP contribution in [-0.2, 0) is 17.8 Å². The van der Waals surface area contributed by atoms with Crippen LogP contribution in [0, 0.1) is 0 Å². The van der Waals surface area contributed by atoms with E-state index in [1.165, 1.54) is 10.4 Å². The maximum absolute atomic E-state index is 11.3. The molecule has 1 heterocycles. The van der Waals surface area contributed by atoms with Gasteiger partial charge >= 0.3 is 0 Å². The maximum Gasteiger partial charge on any atom is 0.222 e. The minimum absolute atomic E-state index is 0.206. The maximum atomic E-state index is 11.3. The highest BCUT2D eigenvalue weighted by Gasteiger charge is 2.04. The fourth-order valence-corrected chi connectivity index (χ4v) is 2.57. The number of hydrogen-bond donors (Lipinski definition) is 1. The van der Waals surface area contributed by atoms with Crippen molar-refractivity contribution in [2.24, 2.45) is 0 Å². The summed E-state index contributed by atoms with van der Waals surface area (Å²) in [7, 11) is 3.60. The summed E-state index contributed by atoms with van der Waals surface area (Å²) >= 11 is 1.81. The van der Waals surface area contributed by atoms with Crippen molar-refractivity contribution in [2.75, 3.05) is 20.6 Å². The zero-order chi connectivity index (χ0) is 12.7. The van der Waals surface area contributed by atoms with Gasteiger partial charge in [-0.2, -0.15) is 0 Å². The predicted molar refractivity (Wildman–Crippen MR) is 73.3 cm³/mol. The number of carbonyl (C=O) groups is 1. The molecule has 0 aromatic carbocycles. The molecule has 17 heavy (non-hydrogen) atoms. The Bertz CT molecular complexity index is 347. The van der Waals surface area contributed by atoms with Crippen LogP contribution in [0.5, 0.6) is 0 Å². The number of carbonyl (C=O) groups excluding carboxylic acids is 1. The van der Waals surface area contributed by atoms with Crippen LogP contribution in [0.25, 0.3) is 0 Å². The molecule has 1 amide bonds. The summed E-state index contributed by atoms with van der Waals surface area (Å²) in [6, 6.07) is 2.19. The fourth-order valence-electron chi connectivity index (χ4n) is 1.63. The molecule has 0 spiro atoms. The lowest BCUT2D eigenvalue weighted by atomic mass is 10.2. The lowest BCUT2D eigenvalue weighted by molar-refractivity contribution is -0.128. The molecule has 1 aromatic heterocycles. The lowest BCUT2D eigenvalue weighted by Crippen LogP contribution is -2.23. The Morgan fingerprint density at radius 3 is 2.88 bits per heavy atom. The average molecular weight is 254 g/mol. The molecule has 0 fully saturated rings. The molecule has 1 aromatic rings. The van der Waals surface area contributed by atoms with E-state index >= 15 is 0 Å². The lowest BCUT2D eigenvalue weighted by Gasteiger charge is -2.10. The summed E-state index contributed by atoms with van der Waals surface area (Å²) in [5.74, 6) is 0.206. The topological polar surface area (TPSA) is 32.3 Å². The fraction of sp³-hybridized carbons (Fsp3) is 0.615. The molecule has 0 aliphatic carbocycles. The standard InChI is InChI=1S/C13H22N2OS/c1-4-11-7-9-17-12(11)10-14-8-5-6-13(16)15(2)3/h7,9,14H,4-6,8,10H2,1-3H3. The van der Waals surface area contributed by atoms with Crippen molar-refractivity contribution in [3.8, 4) is 0 Å². The number of thiophene rings is 1. The Labute approximate surface area is 108 Å². The van der Waals surface area contributed by atoms with Gasteiger partial charge in [-0.25, -0.2) is 0 Å². The molecule has 1 N–H and O–H groups in total. The number of hydrogen-bond acceptors (Lipinski definition) is 3. The summed E-state index contributed by atoms with van der Waals surface area (Å²) in [6.07, 6.45) is 2.63. The van der Waals surface area contributed by atoms with E-state index in [-0.39, 0.29) is 5.91 Å². The second-order valence-corrected chi connectivity index (χ2v) is 5.29. The van der Waals surface area contributed by atoms with E-state index in [2.05, 4.69) is 23.7 Å². The van der Waals surface area contributed by atoms with E-state index in [4.69, 9.17) is 0 Å². The molecular weight excluding hydrogens is 232 g/mol. The van der Waals surface area contributed by atoms with Gasteiger partial charge in [-0.1, -0.05) is 6.92 Å². The number of nitrogens with zero attached hydrogens (tertiary/aromatic N) is 1. The van der Waals surface area contributed by atoms with Gasteiger partial charge in [0.05, 0.1) is 0 Å². The molecule has 3 nitrogen and oxygen atoms in total. The molecule has 0 aliphatic rings. The van der Waals surface area contributed by atoms with Gasteiger partial charge in [0.15, 0.2) is 0 Å². The van der Waals surface area contributed by atoms with Crippen molar-refractivity contribution < 1.29 is 4.79 Å². The number of rotatable bonds is 7. The van der Waals surface area contributed by atoms with Crippen LogP contribution in [0.4, 0.5) is 0 Å². The second kappa shape index (κ2) is 7.45. The molecule has 0 saturated heterocycles. The molecule has 0 atom stereocenters. The van der Waals surface area contributed by atoms with Crippen molar-refractivity contribution in [3.63, 3.8) is 0 Å². The Balaban J connectivity index is 2.14. The minimum atomic E-state index is 0.206. The first-order chi connectivity index (χ1) is 8.15. The van der Waals surface area contributed by atoms with Gasteiger partial charge in [-0.05, 0) is 36.4 Å². The van der Waals surface area contributed by atoms with Crippen LogP contribution in [0.1, 0.15) is 30.2 Å². The van der Waals surface area contributed by atoms with Crippen molar-refractivity contribution in [2.45, 2.75) is 32.7 Å². The molecule has 0 bridgehead atoms. The van der Waals surface area contributed by atoms with Crippen molar-refractivity contribution in [1.82, 2.24) is 10.2 Å². The smallest absolute Gasteiger partial charge is 0.222 e. The normalized spacial score (nSPS) is 10.5. The summed E-state index contributed by atoms with van der Waals surface area (Å²) < 4.78 is 0. The van der Waals surface area contributed by atoms with Crippen LogP contribution in [0.15, 0.2) is 11.4 Å². The molecule has 0 unspecified atom stereocenters. The minimum Gasteiger partial charge on any atom is -0.349 e. The van der Waals surface area contributed by atoms with Crippen LogP contribution >= 0.6 is 11.3 Å². The Morgan fingerprint density at radius 2 is 2.24 bits per heavy atom. The van der Waals surface area contributed by atoms with Crippen molar-refractivity contribution in [3.05, 3.63) is 21.9 Å². The highest BCUT2D eigenvalue weighted by Crippen LogP contribution is 2.16. The molecule has 4 heteroatoms. The number of amides is 1. The summed E-state index contributed by atoms with van der Waals surface area (Å²) in [4.78, 5) is 14.4. The number of aryl methyl sites for hydroxylation is 1. The van der Waals surface area contributed by atoms with E-state index in [0.29, 0.717) is 6.42 Å². The quantitative estimate of drug-likeness (QED) is 0.757. The summed E-state index contributed by atoms with van der Waals surface area (Å²) in [5, 5.41) is 5.54. The van der Waals surface area contributed by atoms with Gasteiger partial charge in [0, 0.05) is 31.9 Å². The van der Waals surface area contributed by atoms with E-state index in [0.717, 1.165) is 25.9 Å². The third-order valence-corrected chi connectivity index (χ3v) is 3.71. The molecule has 0 aliphatic heterocycles. The van der Waals surface area contributed by atoms with Crippen LogP contribution in [0.3, 0.4) is 0 Å². The van der Waals surface area contributed by atoms with Crippen molar-refractivity contribution >= 4 is 17.2 Å². The average Bonchev–Trinajstić information content (AvgIpc) is 2.75. The summed E-state index contributed by atoms with van der Waals surface area (Å²) in [5.41, 5.74) is 1.44. The first kappa shape index (κ1) is 14.2. The predicted octanol–water partition coefficient (Wildman–Crippen LogP) is 2.27. The van der Waals surface area contributed by atoms with Crippen molar-refractivity contribution in [1.29, 1.82) is 0 Å². The van der Waals surface area contributed by atoms with Crippen LogP contribution in [0.2, 0.25) is 0 Å².